The van der Waals surface area contributed by atoms with E-state index in [9.17, 15) is 24.0 Å². The Labute approximate surface area is 265 Å². The summed E-state index contributed by atoms with van der Waals surface area (Å²) in [4.78, 5) is 62.2. The first-order valence-corrected chi connectivity index (χ1v) is 16.9. The summed E-state index contributed by atoms with van der Waals surface area (Å²) in [6.07, 6.45) is 9.72. The fraction of sp³-hybridized carbons (Fsp3) is 0.848. The summed E-state index contributed by atoms with van der Waals surface area (Å²) in [5.41, 5.74) is -0.780. The Kier molecular flexibility index (Phi) is 19.1. The average Bonchev–Trinajstić information content (AvgIpc) is 2.98. The molecule has 0 saturated heterocycles. The summed E-state index contributed by atoms with van der Waals surface area (Å²) in [5.74, 6) is -1.34. The Morgan fingerprint density at radius 2 is 1.64 bits per heavy atom. The fourth-order valence-corrected chi connectivity index (χ4v) is 5.66. The van der Waals surface area contributed by atoms with Crippen molar-refractivity contribution in [2.24, 2.45) is 17.8 Å². The molecule has 1 aliphatic rings. The van der Waals surface area contributed by atoms with Crippen LogP contribution in [0.15, 0.2) is 0 Å². The zero-order chi connectivity index (χ0) is 33.1. The molecule has 0 aromatic heterocycles. The van der Waals surface area contributed by atoms with Gasteiger partial charge in [-0.05, 0) is 63.3 Å². The average molecular weight is 624 g/mol. The number of carboxylic acid groups (broad SMARTS) is 1. The maximum absolute atomic E-state index is 13.5. The van der Waals surface area contributed by atoms with E-state index in [1.54, 1.807) is 0 Å². The van der Waals surface area contributed by atoms with Crippen molar-refractivity contribution in [2.75, 3.05) is 19.6 Å². The van der Waals surface area contributed by atoms with Gasteiger partial charge in [-0.15, -0.1) is 0 Å². The van der Waals surface area contributed by atoms with Gasteiger partial charge in [0.25, 0.3) is 0 Å². The second-order valence-corrected chi connectivity index (χ2v) is 13.4. The molecule has 11 nitrogen and oxygen atoms in total. The number of carboxylic acids is 1. The summed E-state index contributed by atoms with van der Waals surface area (Å²) in [5, 5.41) is 24.4. The largest absolute Gasteiger partial charge is 0.481 e. The number of aliphatic carboxylic acids is 1. The molecule has 0 aromatic rings. The molecule has 0 spiro atoms. The van der Waals surface area contributed by atoms with E-state index in [0.717, 1.165) is 12.8 Å². The second-order valence-electron chi connectivity index (χ2n) is 13.4. The molecule has 0 aromatic carbocycles. The number of aldehydes is 1. The minimum atomic E-state index is -0.976. The molecule has 0 radical (unpaired) electrons. The zero-order valence-electron chi connectivity index (χ0n) is 28.1. The number of carbonyl (C=O) groups is 5. The molecule has 0 unspecified atom stereocenters. The maximum Gasteiger partial charge on any atom is 0.303 e. The van der Waals surface area contributed by atoms with E-state index in [1.807, 2.05) is 27.7 Å². The minimum absolute atomic E-state index is 0.00504. The number of hydrogen-bond acceptors (Lipinski definition) is 7. The van der Waals surface area contributed by atoms with Crippen LogP contribution in [0.4, 0.5) is 0 Å². The standard InChI is InChI=1S/C33H61N5O6/c1-7-13-27(37-32(44)30(24(5)8-2)38-28(40)16-12-17-29(41)42)31(43)36-26(18-23(3)4)20-35-33(6,22-39)21-34-19-25-14-10-9-11-15-25/h22-27,30,34-35H,7-21H2,1-6H3,(H,36,43)(H,37,44)(H,38,40)(H,41,42)/t24-,26-,27-,30-,33+/m0/s1. The zero-order valence-corrected chi connectivity index (χ0v) is 28.1. The van der Waals surface area contributed by atoms with Crippen LogP contribution >= 0.6 is 0 Å². The van der Waals surface area contributed by atoms with E-state index in [0.29, 0.717) is 50.6 Å². The van der Waals surface area contributed by atoms with Crippen LogP contribution in [0.25, 0.3) is 0 Å². The monoisotopic (exact) mass is 623 g/mol. The van der Waals surface area contributed by atoms with E-state index in [1.165, 1.54) is 32.1 Å². The van der Waals surface area contributed by atoms with Crippen LogP contribution in [-0.4, -0.2) is 78.4 Å². The van der Waals surface area contributed by atoms with Gasteiger partial charge in [-0.1, -0.05) is 66.7 Å². The third-order valence-electron chi connectivity index (χ3n) is 8.58. The topological polar surface area (TPSA) is 166 Å². The van der Waals surface area contributed by atoms with Crippen molar-refractivity contribution in [1.29, 1.82) is 0 Å². The molecule has 6 N–H and O–H groups in total. The quantitative estimate of drug-likeness (QED) is 0.0944. The van der Waals surface area contributed by atoms with Crippen LogP contribution in [0.5, 0.6) is 0 Å². The highest BCUT2D eigenvalue weighted by Crippen LogP contribution is 2.22. The van der Waals surface area contributed by atoms with Crippen LogP contribution in [0.1, 0.15) is 119 Å². The van der Waals surface area contributed by atoms with E-state index in [-0.39, 0.29) is 37.1 Å². The number of rotatable bonds is 23. The summed E-state index contributed by atoms with van der Waals surface area (Å²) < 4.78 is 0. The lowest BCUT2D eigenvalue weighted by atomic mass is 9.89. The van der Waals surface area contributed by atoms with E-state index < -0.39 is 35.4 Å². The SMILES string of the molecule is CCC[C@H](NC(=O)[C@@H](NC(=O)CCCC(=O)O)[C@@H](C)CC)C(=O)N[C@H](CN[C@@](C)(C=O)CNCC1CCCCC1)CC(C)C. The molecule has 5 atom stereocenters. The van der Waals surface area contributed by atoms with Crippen LogP contribution in [0.3, 0.4) is 0 Å². The first-order chi connectivity index (χ1) is 20.8. The van der Waals surface area contributed by atoms with Crippen molar-refractivity contribution in [3.05, 3.63) is 0 Å². The van der Waals surface area contributed by atoms with E-state index >= 15 is 0 Å². The molecule has 44 heavy (non-hydrogen) atoms. The van der Waals surface area contributed by atoms with Gasteiger partial charge >= 0.3 is 5.97 Å². The third kappa shape index (κ3) is 16.0. The normalized spacial score (nSPS) is 18.0. The molecule has 3 amide bonds. The highest BCUT2D eigenvalue weighted by atomic mass is 16.4. The predicted molar refractivity (Wildman–Crippen MR) is 173 cm³/mol. The molecule has 1 aliphatic carbocycles. The lowest BCUT2D eigenvalue weighted by Gasteiger charge is -2.31. The molecule has 1 saturated carbocycles. The number of amides is 3. The summed E-state index contributed by atoms with van der Waals surface area (Å²) in [6, 6.07) is -1.88. The molecule has 1 fully saturated rings. The van der Waals surface area contributed by atoms with Gasteiger partial charge in [0.1, 0.15) is 18.4 Å². The third-order valence-corrected chi connectivity index (χ3v) is 8.58. The van der Waals surface area contributed by atoms with E-state index in [4.69, 9.17) is 5.11 Å². The van der Waals surface area contributed by atoms with Crippen molar-refractivity contribution < 1.29 is 29.1 Å². The minimum Gasteiger partial charge on any atom is -0.481 e. The summed E-state index contributed by atoms with van der Waals surface area (Å²) in [7, 11) is 0. The predicted octanol–water partition coefficient (Wildman–Crippen LogP) is 3.31. The van der Waals surface area contributed by atoms with Gasteiger partial charge in [0.05, 0.1) is 5.54 Å². The van der Waals surface area contributed by atoms with Crippen molar-refractivity contribution in [1.82, 2.24) is 26.6 Å². The first-order valence-electron chi connectivity index (χ1n) is 16.9. The van der Waals surface area contributed by atoms with Crippen molar-refractivity contribution in [3.63, 3.8) is 0 Å². The van der Waals surface area contributed by atoms with Crippen LogP contribution < -0.4 is 26.6 Å². The lowest BCUT2D eigenvalue weighted by molar-refractivity contribution is -0.137. The summed E-state index contributed by atoms with van der Waals surface area (Å²) in [6.45, 7) is 13.5. The van der Waals surface area contributed by atoms with Crippen LogP contribution in [-0.2, 0) is 24.0 Å². The fourth-order valence-electron chi connectivity index (χ4n) is 5.66. The van der Waals surface area contributed by atoms with Gasteiger partial charge in [0, 0.05) is 32.0 Å². The van der Waals surface area contributed by atoms with Gasteiger partial charge in [-0.2, -0.15) is 0 Å². The number of nitrogens with one attached hydrogen (secondary N) is 5. The highest BCUT2D eigenvalue weighted by Gasteiger charge is 2.31. The van der Waals surface area contributed by atoms with Crippen LogP contribution in [0, 0.1) is 17.8 Å². The Morgan fingerprint density at radius 1 is 0.955 bits per heavy atom. The molecule has 0 aliphatic heterocycles. The van der Waals surface area contributed by atoms with Gasteiger partial charge in [0.15, 0.2) is 0 Å². The van der Waals surface area contributed by atoms with Crippen molar-refractivity contribution in [2.45, 2.75) is 142 Å². The summed E-state index contributed by atoms with van der Waals surface area (Å²) >= 11 is 0. The Morgan fingerprint density at radius 3 is 2.20 bits per heavy atom. The smallest absolute Gasteiger partial charge is 0.303 e. The van der Waals surface area contributed by atoms with Gasteiger partial charge in [-0.3, -0.25) is 19.2 Å². The van der Waals surface area contributed by atoms with Crippen molar-refractivity contribution >= 4 is 30.0 Å². The van der Waals surface area contributed by atoms with Gasteiger partial charge in [-0.25, -0.2) is 0 Å². The van der Waals surface area contributed by atoms with Crippen LogP contribution in [0.2, 0.25) is 0 Å². The highest BCUT2D eigenvalue weighted by molar-refractivity contribution is 5.92. The maximum atomic E-state index is 13.5. The number of carbonyl (C=O) groups excluding carboxylic acids is 4. The molecular formula is C33H61N5O6. The molecule has 1 rings (SSSR count). The second kappa shape index (κ2) is 21.2. The van der Waals surface area contributed by atoms with Gasteiger partial charge < -0.3 is 36.5 Å². The molecule has 254 valence electrons. The lowest BCUT2D eigenvalue weighted by Crippen LogP contribution is -2.59. The van der Waals surface area contributed by atoms with Crippen molar-refractivity contribution in [3.8, 4) is 0 Å². The van der Waals surface area contributed by atoms with E-state index in [2.05, 4.69) is 40.4 Å². The molecular weight excluding hydrogens is 562 g/mol. The first kappa shape index (κ1) is 39.5. The Hall–Kier alpha value is -2.53. The molecule has 11 heteroatoms. The Bertz CT molecular complexity index is 894. The molecule has 0 bridgehead atoms. The Balaban J connectivity index is 2.84. The van der Waals surface area contributed by atoms with Gasteiger partial charge in [0.2, 0.25) is 17.7 Å². The molecule has 0 heterocycles. The number of hydrogen-bond donors (Lipinski definition) is 6.